The average molecular weight is 387 g/mol. The summed E-state index contributed by atoms with van der Waals surface area (Å²) in [6.45, 7) is 4.04. The molecule has 28 heavy (non-hydrogen) atoms. The van der Waals surface area contributed by atoms with E-state index in [1.165, 1.54) is 0 Å². The molecule has 4 nitrogen and oxygen atoms in total. The number of hydrogen-bond acceptors (Lipinski definition) is 4. The van der Waals surface area contributed by atoms with Crippen LogP contribution in [0, 0.1) is 0 Å². The van der Waals surface area contributed by atoms with E-state index in [1.54, 1.807) is 24.3 Å². The number of ether oxygens (including phenoxy) is 1. The van der Waals surface area contributed by atoms with Crippen molar-refractivity contribution in [3.63, 3.8) is 0 Å². The maximum atomic E-state index is 13.3. The zero-order chi connectivity index (χ0) is 20.1. The summed E-state index contributed by atoms with van der Waals surface area (Å²) in [6, 6.07) is 16.5. The molecule has 0 spiro atoms. The normalized spacial score (nSPS) is 11.5. The summed E-state index contributed by atoms with van der Waals surface area (Å²) >= 11 is 0. The van der Waals surface area contributed by atoms with Crippen LogP contribution >= 0.6 is 0 Å². The van der Waals surface area contributed by atoms with Crippen LogP contribution in [0.15, 0.2) is 60.8 Å². The number of halogens is 3. The number of alkyl halides is 3. The van der Waals surface area contributed by atoms with E-state index in [1.807, 2.05) is 44.2 Å². The SMILES string of the molecule is CC(C)c1ccccc1Nc1ncc(C(F)(F)F)c(OCc2ccccc2)n1. The van der Waals surface area contributed by atoms with Crippen molar-refractivity contribution < 1.29 is 17.9 Å². The van der Waals surface area contributed by atoms with Crippen LogP contribution < -0.4 is 10.1 Å². The Bertz CT molecular complexity index is 928. The van der Waals surface area contributed by atoms with Crippen molar-refractivity contribution in [1.82, 2.24) is 9.97 Å². The molecule has 3 rings (SSSR count). The molecule has 146 valence electrons. The minimum atomic E-state index is -4.61. The van der Waals surface area contributed by atoms with Gasteiger partial charge in [0, 0.05) is 11.9 Å². The number of para-hydroxylation sites is 1. The largest absolute Gasteiger partial charge is 0.472 e. The van der Waals surface area contributed by atoms with Gasteiger partial charge >= 0.3 is 6.18 Å². The second-order valence-electron chi connectivity index (χ2n) is 6.55. The highest BCUT2D eigenvalue weighted by Crippen LogP contribution is 2.36. The number of hydrogen-bond donors (Lipinski definition) is 1. The molecule has 3 aromatic rings. The number of nitrogens with zero attached hydrogens (tertiary/aromatic N) is 2. The van der Waals surface area contributed by atoms with Gasteiger partial charge in [0.25, 0.3) is 0 Å². The zero-order valence-corrected chi connectivity index (χ0v) is 15.5. The third-order valence-electron chi connectivity index (χ3n) is 4.11. The first-order valence-corrected chi connectivity index (χ1v) is 8.81. The first-order chi connectivity index (χ1) is 13.3. The summed E-state index contributed by atoms with van der Waals surface area (Å²) in [5, 5.41) is 3.00. The minimum absolute atomic E-state index is 0.0248. The van der Waals surface area contributed by atoms with Gasteiger partial charge in [-0.05, 0) is 23.1 Å². The monoisotopic (exact) mass is 387 g/mol. The van der Waals surface area contributed by atoms with Crippen molar-refractivity contribution in [2.75, 3.05) is 5.32 Å². The van der Waals surface area contributed by atoms with E-state index >= 15 is 0 Å². The van der Waals surface area contributed by atoms with E-state index in [9.17, 15) is 13.2 Å². The van der Waals surface area contributed by atoms with Gasteiger partial charge in [-0.2, -0.15) is 18.2 Å². The zero-order valence-electron chi connectivity index (χ0n) is 15.5. The van der Waals surface area contributed by atoms with Gasteiger partial charge in [-0.1, -0.05) is 62.4 Å². The molecule has 0 aliphatic rings. The van der Waals surface area contributed by atoms with Gasteiger partial charge in [0.2, 0.25) is 11.8 Å². The molecule has 0 aliphatic heterocycles. The van der Waals surface area contributed by atoms with E-state index in [4.69, 9.17) is 4.74 Å². The quantitative estimate of drug-likeness (QED) is 0.568. The van der Waals surface area contributed by atoms with Crippen LogP contribution in [0.1, 0.15) is 36.5 Å². The Morgan fingerprint density at radius 1 is 1.00 bits per heavy atom. The van der Waals surface area contributed by atoms with Gasteiger partial charge in [0.1, 0.15) is 12.2 Å². The summed E-state index contributed by atoms with van der Waals surface area (Å²) in [6.07, 6.45) is -3.87. The molecule has 1 N–H and O–H groups in total. The van der Waals surface area contributed by atoms with Gasteiger partial charge in [0.05, 0.1) is 0 Å². The highest BCUT2D eigenvalue weighted by atomic mass is 19.4. The van der Waals surface area contributed by atoms with Crippen molar-refractivity contribution in [2.24, 2.45) is 0 Å². The lowest BCUT2D eigenvalue weighted by Crippen LogP contribution is -2.12. The van der Waals surface area contributed by atoms with Crippen molar-refractivity contribution >= 4 is 11.6 Å². The van der Waals surface area contributed by atoms with E-state index in [0.717, 1.165) is 23.0 Å². The molecule has 0 saturated heterocycles. The Morgan fingerprint density at radius 3 is 2.36 bits per heavy atom. The molecule has 0 atom stereocenters. The Morgan fingerprint density at radius 2 is 1.68 bits per heavy atom. The van der Waals surface area contributed by atoms with Crippen LogP contribution in [-0.2, 0) is 12.8 Å². The Balaban J connectivity index is 1.89. The molecule has 0 amide bonds. The second kappa shape index (κ2) is 8.29. The number of aromatic nitrogens is 2. The van der Waals surface area contributed by atoms with Crippen LogP contribution in [0.3, 0.4) is 0 Å². The van der Waals surface area contributed by atoms with Gasteiger partial charge in [-0.25, -0.2) is 4.98 Å². The molecule has 0 bridgehead atoms. The Hall–Kier alpha value is -3.09. The molecule has 1 heterocycles. The molecule has 0 saturated carbocycles. The fraction of sp³-hybridized carbons (Fsp3) is 0.238. The smallest absolute Gasteiger partial charge is 0.423 e. The molecular formula is C21H20F3N3O. The molecule has 2 aromatic carbocycles. The van der Waals surface area contributed by atoms with Gasteiger partial charge in [0.15, 0.2) is 0 Å². The molecule has 7 heteroatoms. The summed E-state index contributed by atoms with van der Waals surface area (Å²) in [5.41, 5.74) is 1.49. The second-order valence-corrected chi connectivity index (χ2v) is 6.55. The molecule has 0 aliphatic carbocycles. The lowest BCUT2D eigenvalue weighted by atomic mass is 10.0. The minimum Gasteiger partial charge on any atom is -0.472 e. The molecule has 1 aromatic heterocycles. The van der Waals surface area contributed by atoms with E-state index in [-0.39, 0.29) is 18.5 Å². The fourth-order valence-corrected chi connectivity index (χ4v) is 2.69. The molecule has 0 radical (unpaired) electrons. The first kappa shape index (κ1) is 19.7. The molecular weight excluding hydrogens is 367 g/mol. The third-order valence-corrected chi connectivity index (χ3v) is 4.11. The number of anilines is 2. The van der Waals surface area contributed by atoms with Crippen LogP contribution in [0.25, 0.3) is 0 Å². The van der Waals surface area contributed by atoms with Crippen LogP contribution in [0.5, 0.6) is 5.88 Å². The maximum absolute atomic E-state index is 13.3. The fourth-order valence-electron chi connectivity index (χ4n) is 2.69. The van der Waals surface area contributed by atoms with Crippen molar-refractivity contribution in [3.8, 4) is 5.88 Å². The highest BCUT2D eigenvalue weighted by Gasteiger charge is 2.36. The predicted octanol–water partition coefficient (Wildman–Crippen LogP) is 5.94. The predicted molar refractivity (Wildman–Crippen MR) is 102 cm³/mol. The highest BCUT2D eigenvalue weighted by molar-refractivity contribution is 5.59. The lowest BCUT2D eigenvalue weighted by Gasteiger charge is -2.16. The topological polar surface area (TPSA) is 47.0 Å². The van der Waals surface area contributed by atoms with Crippen LogP contribution in [-0.4, -0.2) is 9.97 Å². The summed E-state index contributed by atoms with van der Waals surface area (Å²) < 4.78 is 45.4. The van der Waals surface area contributed by atoms with Crippen LogP contribution in [0.2, 0.25) is 0 Å². The van der Waals surface area contributed by atoms with Gasteiger partial charge in [-0.3, -0.25) is 0 Å². The Kier molecular flexibility index (Phi) is 5.82. The third kappa shape index (κ3) is 4.79. The lowest BCUT2D eigenvalue weighted by molar-refractivity contribution is -0.139. The van der Waals surface area contributed by atoms with Crippen molar-refractivity contribution in [3.05, 3.63) is 77.5 Å². The van der Waals surface area contributed by atoms with Crippen molar-refractivity contribution in [2.45, 2.75) is 32.5 Å². The summed E-state index contributed by atoms with van der Waals surface area (Å²) in [5.74, 6) is -0.230. The standard InChI is InChI=1S/C21H20F3N3O/c1-14(2)16-10-6-7-11-18(16)26-20-25-12-17(21(22,23)24)19(27-20)28-13-15-8-4-3-5-9-15/h3-12,14H,13H2,1-2H3,(H,25,26,27). The van der Waals surface area contributed by atoms with Crippen molar-refractivity contribution in [1.29, 1.82) is 0 Å². The number of nitrogens with one attached hydrogen (secondary N) is 1. The summed E-state index contributed by atoms with van der Waals surface area (Å²) in [7, 11) is 0. The van der Waals surface area contributed by atoms with Gasteiger partial charge < -0.3 is 10.1 Å². The van der Waals surface area contributed by atoms with Gasteiger partial charge in [-0.15, -0.1) is 0 Å². The number of benzene rings is 2. The molecule has 0 unspecified atom stereocenters. The van der Waals surface area contributed by atoms with E-state index < -0.39 is 17.6 Å². The van der Waals surface area contributed by atoms with E-state index in [2.05, 4.69) is 15.3 Å². The van der Waals surface area contributed by atoms with E-state index in [0.29, 0.717) is 0 Å². The number of rotatable bonds is 6. The summed E-state index contributed by atoms with van der Waals surface area (Å²) in [4.78, 5) is 7.82. The average Bonchev–Trinajstić information content (AvgIpc) is 2.66. The van der Waals surface area contributed by atoms with Crippen LogP contribution in [0.4, 0.5) is 24.8 Å². The molecule has 0 fully saturated rings. The first-order valence-electron chi connectivity index (χ1n) is 8.81. The maximum Gasteiger partial charge on any atom is 0.423 e. The Labute approximate surface area is 161 Å².